The fourth-order valence-electron chi connectivity index (χ4n) is 3.95. The Kier molecular flexibility index (Phi) is 5.05. The third-order valence-electron chi connectivity index (χ3n) is 4.64. The molecule has 1 aliphatic carbocycles. The van der Waals surface area contributed by atoms with Crippen LogP contribution in [-0.4, -0.2) is 50.3 Å². The van der Waals surface area contributed by atoms with Crippen LogP contribution < -0.4 is 5.32 Å². The summed E-state index contributed by atoms with van der Waals surface area (Å²) >= 11 is 0. The Balaban J connectivity index is 1.96. The van der Waals surface area contributed by atoms with E-state index < -0.39 is 0 Å². The van der Waals surface area contributed by atoms with E-state index in [0.29, 0.717) is 17.6 Å². The van der Waals surface area contributed by atoms with Crippen molar-refractivity contribution in [3.8, 4) is 0 Å². The average molecular weight is 254 g/mol. The van der Waals surface area contributed by atoms with Gasteiger partial charge in [-0.25, -0.2) is 0 Å². The molecule has 3 unspecified atom stereocenters. The van der Waals surface area contributed by atoms with Gasteiger partial charge in [0.05, 0.1) is 12.7 Å². The minimum Gasteiger partial charge on any atom is -0.375 e. The normalized spacial score (nSPS) is 32.2. The van der Waals surface area contributed by atoms with E-state index in [9.17, 15) is 0 Å². The lowest BCUT2D eigenvalue weighted by molar-refractivity contribution is -0.0678. The van der Waals surface area contributed by atoms with Crippen LogP contribution in [0, 0.1) is 5.41 Å². The molecule has 0 aromatic heterocycles. The molecule has 3 nitrogen and oxygen atoms in total. The average Bonchev–Trinajstić information content (AvgIpc) is 2.78. The first-order valence-electron chi connectivity index (χ1n) is 7.69. The molecule has 3 heteroatoms. The molecular formula is C15H30N2O. The van der Waals surface area contributed by atoms with Crippen molar-refractivity contribution in [3.05, 3.63) is 0 Å². The number of ether oxygens (including phenoxy) is 1. The van der Waals surface area contributed by atoms with E-state index in [-0.39, 0.29) is 0 Å². The van der Waals surface area contributed by atoms with Crippen LogP contribution in [0.15, 0.2) is 0 Å². The van der Waals surface area contributed by atoms with Crippen molar-refractivity contribution >= 4 is 0 Å². The van der Waals surface area contributed by atoms with Gasteiger partial charge in [-0.2, -0.15) is 0 Å². The van der Waals surface area contributed by atoms with E-state index in [4.69, 9.17) is 4.74 Å². The van der Waals surface area contributed by atoms with Crippen LogP contribution in [-0.2, 0) is 4.74 Å². The molecule has 1 heterocycles. The smallest absolute Gasteiger partial charge is 0.0730 e. The molecule has 1 aliphatic heterocycles. The van der Waals surface area contributed by atoms with Crippen LogP contribution in [0.25, 0.3) is 0 Å². The first-order chi connectivity index (χ1) is 8.68. The first kappa shape index (κ1) is 14.3. The predicted octanol–water partition coefficient (Wildman–Crippen LogP) is 2.27. The number of hydrogen-bond donors (Lipinski definition) is 1. The number of rotatable bonds is 6. The molecule has 1 saturated heterocycles. The quantitative estimate of drug-likeness (QED) is 0.787. The van der Waals surface area contributed by atoms with Gasteiger partial charge in [0.15, 0.2) is 0 Å². The first-order valence-corrected chi connectivity index (χ1v) is 7.69. The molecule has 0 aromatic carbocycles. The highest BCUT2D eigenvalue weighted by atomic mass is 16.5. The Bertz CT molecular complexity index is 251. The van der Waals surface area contributed by atoms with Crippen molar-refractivity contribution < 1.29 is 4.74 Å². The van der Waals surface area contributed by atoms with Crippen molar-refractivity contribution in [3.63, 3.8) is 0 Å². The van der Waals surface area contributed by atoms with Crippen LogP contribution in [0.2, 0.25) is 0 Å². The second kappa shape index (κ2) is 6.36. The summed E-state index contributed by atoms with van der Waals surface area (Å²) in [5, 5.41) is 3.38. The molecule has 2 aliphatic rings. The lowest BCUT2D eigenvalue weighted by Gasteiger charge is -2.43. The standard InChI is InChI=1S/C15H30N2O/c1-4-8-15(2,11-16-3)12-17-9-10-18-14-7-5-6-13(14)17/h13-14,16H,4-12H2,1-3H3. The summed E-state index contributed by atoms with van der Waals surface area (Å²) in [7, 11) is 2.07. The van der Waals surface area contributed by atoms with Gasteiger partial charge >= 0.3 is 0 Å². The topological polar surface area (TPSA) is 24.5 Å². The molecule has 0 aromatic rings. The van der Waals surface area contributed by atoms with Gasteiger partial charge in [0.1, 0.15) is 0 Å². The number of nitrogens with one attached hydrogen (secondary N) is 1. The minimum atomic E-state index is 0.411. The molecule has 1 N–H and O–H groups in total. The highest BCUT2D eigenvalue weighted by Gasteiger charge is 2.38. The largest absolute Gasteiger partial charge is 0.375 e. The van der Waals surface area contributed by atoms with E-state index in [1.54, 1.807) is 0 Å². The number of nitrogens with zero attached hydrogens (tertiary/aromatic N) is 1. The van der Waals surface area contributed by atoms with E-state index in [2.05, 4.69) is 31.1 Å². The van der Waals surface area contributed by atoms with Gasteiger partial charge < -0.3 is 10.1 Å². The molecule has 1 saturated carbocycles. The highest BCUT2D eigenvalue weighted by molar-refractivity contribution is 4.92. The molecule has 106 valence electrons. The van der Waals surface area contributed by atoms with Gasteiger partial charge in [-0.3, -0.25) is 4.90 Å². The monoisotopic (exact) mass is 254 g/mol. The summed E-state index contributed by atoms with van der Waals surface area (Å²) < 4.78 is 5.91. The molecular weight excluding hydrogens is 224 g/mol. The summed E-state index contributed by atoms with van der Waals surface area (Å²) in [6.07, 6.45) is 7.07. The summed E-state index contributed by atoms with van der Waals surface area (Å²) in [5.74, 6) is 0. The maximum Gasteiger partial charge on any atom is 0.0730 e. The zero-order valence-electron chi connectivity index (χ0n) is 12.4. The van der Waals surface area contributed by atoms with Crippen LogP contribution in [0.4, 0.5) is 0 Å². The lowest BCUT2D eigenvalue weighted by Crippen LogP contribution is -2.53. The summed E-state index contributed by atoms with van der Waals surface area (Å²) in [5.41, 5.74) is 0.411. The van der Waals surface area contributed by atoms with Crippen LogP contribution in [0.1, 0.15) is 46.0 Å². The van der Waals surface area contributed by atoms with Crippen molar-refractivity contribution in [1.82, 2.24) is 10.2 Å². The summed E-state index contributed by atoms with van der Waals surface area (Å²) in [6, 6.07) is 0.701. The Morgan fingerprint density at radius 1 is 1.39 bits per heavy atom. The molecule has 3 atom stereocenters. The van der Waals surface area contributed by atoms with Gasteiger partial charge in [-0.15, -0.1) is 0 Å². The molecule has 18 heavy (non-hydrogen) atoms. The molecule has 0 spiro atoms. The fourth-order valence-corrected chi connectivity index (χ4v) is 3.95. The zero-order chi connectivity index (χ0) is 13.0. The van der Waals surface area contributed by atoms with Crippen LogP contribution in [0.5, 0.6) is 0 Å². The Labute approximate surface area is 112 Å². The maximum absolute atomic E-state index is 5.91. The molecule has 0 bridgehead atoms. The van der Waals surface area contributed by atoms with Gasteiger partial charge in [0.25, 0.3) is 0 Å². The van der Waals surface area contributed by atoms with Gasteiger partial charge in [0, 0.05) is 25.7 Å². The summed E-state index contributed by atoms with van der Waals surface area (Å²) in [4.78, 5) is 2.72. The van der Waals surface area contributed by atoms with Crippen molar-refractivity contribution in [2.45, 2.75) is 58.1 Å². The van der Waals surface area contributed by atoms with Gasteiger partial charge in [-0.05, 0) is 38.1 Å². The highest BCUT2D eigenvalue weighted by Crippen LogP contribution is 2.33. The molecule has 2 rings (SSSR count). The third-order valence-corrected chi connectivity index (χ3v) is 4.64. The Morgan fingerprint density at radius 2 is 2.22 bits per heavy atom. The molecule has 2 fully saturated rings. The van der Waals surface area contributed by atoms with E-state index >= 15 is 0 Å². The summed E-state index contributed by atoms with van der Waals surface area (Å²) in [6.45, 7) is 9.15. The van der Waals surface area contributed by atoms with Crippen molar-refractivity contribution in [1.29, 1.82) is 0 Å². The van der Waals surface area contributed by atoms with E-state index in [1.165, 1.54) is 38.6 Å². The van der Waals surface area contributed by atoms with Crippen LogP contribution >= 0.6 is 0 Å². The zero-order valence-corrected chi connectivity index (χ0v) is 12.4. The Hall–Kier alpha value is -0.120. The lowest BCUT2D eigenvalue weighted by atomic mass is 9.84. The predicted molar refractivity (Wildman–Crippen MR) is 75.9 cm³/mol. The number of fused-ring (bicyclic) bond motifs is 1. The molecule has 0 radical (unpaired) electrons. The SMILES string of the molecule is CCCC(C)(CNC)CN1CCOC2CCCC21. The maximum atomic E-state index is 5.91. The number of hydrogen-bond acceptors (Lipinski definition) is 3. The fraction of sp³-hybridized carbons (Fsp3) is 1.00. The van der Waals surface area contributed by atoms with Crippen LogP contribution in [0.3, 0.4) is 0 Å². The van der Waals surface area contributed by atoms with E-state index in [0.717, 1.165) is 19.7 Å². The minimum absolute atomic E-state index is 0.411. The second-order valence-electron chi connectivity index (χ2n) is 6.47. The Morgan fingerprint density at radius 3 is 2.94 bits per heavy atom. The van der Waals surface area contributed by atoms with E-state index in [1.807, 2.05) is 0 Å². The second-order valence-corrected chi connectivity index (χ2v) is 6.47. The van der Waals surface area contributed by atoms with Crippen molar-refractivity contribution in [2.24, 2.45) is 5.41 Å². The third kappa shape index (κ3) is 3.25. The van der Waals surface area contributed by atoms with Crippen molar-refractivity contribution in [2.75, 3.05) is 33.3 Å². The van der Waals surface area contributed by atoms with Gasteiger partial charge in [0.2, 0.25) is 0 Å². The number of morpholine rings is 1. The molecule has 0 amide bonds. The van der Waals surface area contributed by atoms with Gasteiger partial charge in [-0.1, -0.05) is 20.3 Å².